The van der Waals surface area contributed by atoms with Crippen LogP contribution in [-0.2, 0) is 0 Å². The molecule has 0 heterocycles. The Morgan fingerprint density at radius 3 is 2.07 bits per heavy atom. The maximum Gasteiger partial charge on any atom is 0.00673 e. The van der Waals surface area contributed by atoms with Crippen LogP contribution in [0.1, 0.15) is 72.1 Å². The van der Waals surface area contributed by atoms with Crippen molar-refractivity contribution >= 4 is 0 Å². The molecule has 1 aliphatic carbocycles. The van der Waals surface area contributed by atoms with E-state index in [2.05, 4.69) is 20.8 Å². The Kier molecular flexibility index (Phi) is 5.11. The summed E-state index contributed by atoms with van der Waals surface area (Å²) in [5, 5.41) is 0. The SMILES string of the molecule is CC(C)(C)CCC(N)C1CCCCCC1. The Morgan fingerprint density at radius 1 is 1.07 bits per heavy atom. The summed E-state index contributed by atoms with van der Waals surface area (Å²) in [6.45, 7) is 6.94. The van der Waals surface area contributed by atoms with Gasteiger partial charge in [-0.3, -0.25) is 0 Å². The zero-order valence-corrected chi connectivity index (χ0v) is 10.9. The first-order valence-electron chi connectivity index (χ1n) is 6.74. The van der Waals surface area contributed by atoms with Crippen LogP contribution in [0, 0.1) is 11.3 Å². The van der Waals surface area contributed by atoms with Gasteiger partial charge in [-0.25, -0.2) is 0 Å². The topological polar surface area (TPSA) is 26.0 Å². The van der Waals surface area contributed by atoms with Crippen LogP contribution in [0.15, 0.2) is 0 Å². The second-order valence-electron chi connectivity index (χ2n) is 6.51. The van der Waals surface area contributed by atoms with Gasteiger partial charge in [-0.1, -0.05) is 46.5 Å². The quantitative estimate of drug-likeness (QED) is 0.698. The molecular formula is C14H29N. The number of hydrogen-bond acceptors (Lipinski definition) is 1. The lowest BCUT2D eigenvalue weighted by Crippen LogP contribution is -2.31. The molecule has 1 atom stereocenters. The lowest BCUT2D eigenvalue weighted by molar-refractivity contribution is 0.294. The van der Waals surface area contributed by atoms with E-state index < -0.39 is 0 Å². The average molecular weight is 211 g/mol. The highest BCUT2D eigenvalue weighted by molar-refractivity contribution is 4.77. The predicted molar refractivity (Wildman–Crippen MR) is 67.9 cm³/mol. The van der Waals surface area contributed by atoms with E-state index in [4.69, 9.17) is 5.73 Å². The Bertz CT molecular complexity index is 161. The second-order valence-corrected chi connectivity index (χ2v) is 6.51. The lowest BCUT2D eigenvalue weighted by atomic mass is 9.83. The summed E-state index contributed by atoms with van der Waals surface area (Å²) in [5.41, 5.74) is 6.77. The highest BCUT2D eigenvalue weighted by Gasteiger charge is 2.21. The molecule has 0 aromatic carbocycles. The summed E-state index contributed by atoms with van der Waals surface area (Å²) in [6, 6.07) is 0.460. The van der Waals surface area contributed by atoms with Crippen LogP contribution in [0.4, 0.5) is 0 Å². The molecule has 0 amide bonds. The van der Waals surface area contributed by atoms with Crippen LogP contribution in [0.2, 0.25) is 0 Å². The molecule has 90 valence electrons. The first-order chi connectivity index (χ1) is 6.99. The van der Waals surface area contributed by atoms with Gasteiger partial charge in [0, 0.05) is 6.04 Å². The third-order valence-corrected chi connectivity index (χ3v) is 3.73. The van der Waals surface area contributed by atoms with E-state index >= 15 is 0 Å². The van der Waals surface area contributed by atoms with Crippen molar-refractivity contribution in [1.29, 1.82) is 0 Å². The van der Waals surface area contributed by atoms with Crippen molar-refractivity contribution in [3.8, 4) is 0 Å². The minimum Gasteiger partial charge on any atom is -0.327 e. The molecule has 1 saturated carbocycles. The zero-order valence-electron chi connectivity index (χ0n) is 10.9. The van der Waals surface area contributed by atoms with Crippen molar-refractivity contribution in [2.75, 3.05) is 0 Å². The third-order valence-electron chi connectivity index (χ3n) is 3.73. The molecule has 1 heteroatoms. The molecule has 1 unspecified atom stereocenters. The van der Waals surface area contributed by atoms with E-state index in [1.54, 1.807) is 0 Å². The van der Waals surface area contributed by atoms with Crippen LogP contribution in [0.5, 0.6) is 0 Å². The van der Waals surface area contributed by atoms with Gasteiger partial charge in [-0.2, -0.15) is 0 Å². The van der Waals surface area contributed by atoms with Gasteiger partial charge < -0.3 is 5.73 Å². The fraction of sp³-hybridized carbons (Fsp3) is 1.00. The molecule has 1 rings (SSSR count). The lowest BCUT2D eigenvalue weighted by Gasteiger charge is -2.26. The van der Waals surface area contributed by atoms with Gasteiger partial charge in [-0.15, -0.1) is 0 Å². The van der Waals surface area contributed by atoms with Crippen molar-refractivity contribution in [2.24, 2.45) is 17.1 Å². The molecule has 15 heavy (non-hydrogen) atoms. The maximum absolute atomic E-state index is 6.33. The normalized spacial score (nSPS) is 22.4. The largest absolute Gasteiger partial charge is 0.327 e. The molecule has 0 saturated heterocycles. The summed E-state index contributed by atoms with van der Waals surface area (Å²) in [7, 11) is 0. The van der Waals surface area contributed by atoms with Crippen molar-refractivity contribution < 1.29 is 0 Å². The summed E-state index contributed by atoms with van der Waals surface area (Å²) in [4.78, 5) is 0. The van der Waals surface area contributed by atoms with Crippen LogP contribution < -0.4 is 5.73 Å². The number of rotatable bonds is 3. The summed E-state index contributed by atoms with van der Waals surface area (Å²) >= 11 is 0. The van der Waals surface area contributed by atoms with Crippen LogP contribution in [-0.4, -0.2) is 6.04 Å². The molecule has 0 aromatic heterocycles. The van der Waals surface area contributed by atoms with Crippen LogP contribution >= 0.6 is 0 Å². The maximum atomic E-state index is 6.33. The highest BCUT2D eigenvalue weighted by Crippen LogP contribution is 2.29. The van der Waals surface area contributed by atoms with Gasteiger partial charge in [0.25, 0.3) is 0 Å². The Morgan fingerprint density at radius 2 is 1.60 bits per heavy atom. The van der Waals surface area contributed by atoms with Crippen molar-refractivity contribution in [1.82, 2.24) is 0 Å². The monoisotopic (exact) mass is 211 g/mol. The molecule has 0 aliphatic heterocycles. The van der Waals surface area contributed by atoms with Crippen molar-refractivity contribution in [2.45, 2.75) is 78.2 Å². The van der Waals surface area contributed by atoms with E-state index in [1.807, 2.05) is 0 Å². The van der Waals surface area contributed by atoms with E-state index in [1.165, 1.54) is 51.4 Å². The molecule has 1 fully saturated rings. The molecule has 0 bridgehead atoms. The van der Waals surface area contributed by atoms with Crippen molar-refractivity contribution in [3.63, 3.8) is 0 Å². The molecule has 1 aliphatic rings. The van der Waals surface area contributed by atoms with Crippen molar-refractivity contribution in [3.05, 3.63) is 0 Å². The Balaban J connectivity index is 2.28. The number of nitrogens with two attached hydrogens (primary N) is 1. The van der Waals surface area contributed by atoms with E-state index in [0.717, 1.165) is 5.92 Å². The smallest absolute Gasteiger partial charge is 0.00673 e. The fourth-order valence-corrected chi connectivity index (χ4v) is 2.57. The van der Waals surface area contributed by atoms with Crippen LogP contribution in [0.25, 0.3) is 0 Å². The second kappa shape index (κ2) is 5.89. The fourth-order valence-electron chi connectivity index (χ4n) is 2.57. The third kappa shape index (κ3) is 5.55. The van der Waals surface area contributed by atoms with Crippen LogP contribution in [0.3, 0.4) is 0 Å². The van der Waals surface area contributed by atoms with E-state index in [-0.39, 0.29) is 0 Å². The summed E-state index contributed by atoms with van der Waals surface area (Å²) < 4.78 is 0. The first-order valence-corrected chi connectivity index (χ1v) is 6.74. The van der Waals surface area contributed by atoms with E-state index in [9.17, 15) is 0 Å². The molecule has 1 nitrogen and oxygen atoms in total. The van der Waals surface area contributed by atoms with Gasteiger partial charge in [0.2, 0.25) is 0 Å². The predicted octanol–water partition coefficient (Wildman–Crippen LogP) is 4.11. The van der Waals surface area contributed by atoms with Gasteiger partial charge in [0.15, 0.2) is 0 Å². The van der Waals surface area contributed by atoms with Gasteiger partial charge >= 0.3 is 0 Å². The number of hydrogen-bond donors (Lipinski definition) is 1. The summed E-state index contributed by atoms with van der Waals surface area (Å²) in [5.74, 6) is 0.815. The van der Waals surface area contributed by atoms with Gasteiger partial charge in [0.1, 0.15) is 0 Å². The minimum atomic E-state index is 0.447. The minimum absolute atomic E-state index is 0.447. The highest BCUT2D eigenvalue weighted by atomic mass is 14.6. The Hall–Kier alpha value is -0.0400. The molecule has 2 N–H and O–H groups in total. The molecule has 0 spiro atoms. The summed E-state index contributed by atoms with van der Waals surface area (Å²) in [6.07, 6.45) is 10.9. The van der Waals surface area contributed by atoms with Gasteiger partial charge in [-0.05, 0) is 37.0 Å². The van der Waals surface area contributed by atoms with Gasteiger partial charge in [0.05, 0.1) is 0 Å². The molecule has 0 radical (unpaired) electrons. The Labute approximate surface area is 95.8 Å². The standard InChI is InChI=1S/C14H29N/c1-14(2,3)11-10-13(15)12-8-6-4-5-7-9-12/h12-13H,4-11,15H2,1-3H3. The molecule has 0 aromatic rings. The zero-order chi connectivity index (χ0) is 11.3. The first kappa shape index (κ1) is 13.0. The average Bonchev–Trinajstić information content (AvgIpc) is 2.41. The molecular weight excluding hydrogens is 182 g/mol. The van der Waals surface area contributed by atoms with E-state index in [0.29, 0.717) is 11.5 Å².